The van der Waals surface area contributed by atoms with Gasteiger partial charge in [-0.15, -0.1) is 0 Å². The summed E-state index contributed by atoms with van der Waals surface area (Å²) in [7, 11) is 0. The quantitative estimate of drug-likeness (QED) is 0.532. The second kappa shape index (κ2) is 4.45. The Kier molecular flexibility index (Phi) is 3.25. The lowest BCUT2D eigenvalue weighted by atomic mass is 10.4. The van der Waals surface area contributed by atoms with E-state index in [4.69, 9.17) is 4.42 Å². The molecule has 0 spiro atoms. The number of esters is 1. The normalized spacial score (nSPS) is 10.6. The van der Waals surface area contributed by atoms with Crippen LogP contribution in [0.3, 0.4) is 0 Å². The van der Waals surface area contributed by atoms with Crippen LogP contribution in [0.5, 0.6) is 0 Å². The molecule has 0 amide bonds. The Balaban J connectivity index is 2.58. The molecular weight excluding hydrogens is 175 g/mol. The van der Waals surface area contributed by atoms with Crippen LogP contribution < -0.4 is 0 Å². The standard InChI is InChI=1S/C9H9FO3/c1-2-12-9(11)4-3-8-7(10)5-6-13-8/h3-6H,2H2,1H3/b4-3+. The van der Waals surface area contributed by atoms with Crippen molar-refractivity contribution in [2.45, 2.75) is 6.92 Å². The van der Waals surface area contributed by atoms with E-state index in [0.29, 0.717) is 6.61 Å². The van der Waals surface area contributed by atoms with Crippen molar-refractivity contribution in [1.82, 2.24) is 0 Å². The first kappa shape index (κ1) is 9.51. The average molecular weight is 184 g/mol. The molecule has 0 aliphatic heterocycles. The third-order valence-electron chi connectivity index (χ3n) is 1.30. The second-order valence-corrected chi connectivity index (χ2v) is 2.22. The van der Waals surface area contributed by atoms with Crippen molar-refractivity contribution < 1.29 is 18.3 Å². The van der Waals surface area contributed by atoms with Crippen LogP contribution in [-0.4, -0.2) is 12.6 Å². The molecule has 0 saturated carbocycles. The first-order valence-corrected chi connectivity index (χ1v) is 3.82. The average Bonchev–Trinajstić information content (AvgIpc) is 2.48. The van der Waals surface area contributed by atoms with E-state index in [0.717, 1.165) is 6.08 Å². The number of hydrogen-bond donors (Lipinski definition) is 0. The van der Waals surface area contributed by atoms with Gasteiger partial charge < -0.3 is 9.15 Å². The minimum Gasteiger partial charge on any atom is -0.463 e. The van der Waals surface area contributed by atoms with E-state index in [-0.39, 0.29) is 5.76 Å². The number of carbonyl (C=O) groups is 1. The summed E-state index contributed by atoms with van der Waals surface area (Å²) in [5.74, 6) is -0.994. The summed E-state index contributed by atoms with van der Waals surface area (Å²) in [6.07, 6.45) is 3.55. The molecule has 0 aliphatic carbocycles. The van der Waals surface area contributed by atoms with Gasteiger partial charge in [-0.05, 0) is 13.0 Å². The molecule has 1 heterocycles. The lowest BCUT2D eigenvalue weighted by molar-refractivity contribution is -0.137. The van der Waals surface area contributed by atoms with Gasteiger partial charge in [0.05, 0.1) is 12.9 Å². The minimum absolute atomic E-state index is 0.0213. The van der Waals surface area contributed by atoms with Gasteiger partial charge in [-0.1, -0.05) is 0 Å². The molecule has 70 valence electrons. The maximum atomic E-state index is 12.7. The van der Waals surface area contributed by atoms with Crippen molar-refractivity contribution in [1.29, 1.82) is 0 Å². The monoisotopic (exact) mass is 184 g/mol. The zero-order valence-electron chi connectivity index (χ0n) is 7.12. The van der Waals surface area contributed by atoms with E-state index in [2.05, 4.69) is 4.74 Å². The van der Waals surface area contributed by atoms with Crippen molar-refractivity contribution in [2.24, 2.45) is 0 Å². The first-order chi connectivity index (χ1) is 6.24. The summed E-state index contributed by atoms with van der Waals surface area (Å²) >= 11 is 0. The van der Waals surface area contributed by atoms with E-state index < -0.39 is 11.8 Å². The van der Waals surface area contributed by atoms with Gasteiger partial charge in [0.15, 0.2) is 11.6 Å². The number of halogens is 1. The summed E-state index contributed by atoms with van der Waals surface area (Å²) in [6, 6.07) is 1.17. The Morgan fingerprint density at radius 1 is 1.77 bits per heavy atom. The Labute approximate surface area is 74.8 Å². The van der Waals surface area contributed by atoms with Gasteiger partial charge in [0.25, 0.3) is 0 Å². The van der Waals surface area contributed by atoms with Gasteiger partial charge in [-0.2, -0.15) is 0 Å². The molecule has 1 aromatic rings. The van der Waals surface area contributed by atoms with E-state index in [1.807, 2.05) is 0 Å². The molecule has 0 radical (unpaired) electrons. The van der Waals surface area contributed by atoms with Gasteiger partial charge in [0.2, 0.25) is 0 Å². The molecule has 0 bridgehead atoms. The highest BCUT2D eigenvalue weighted by Gasteiger charge is 2.01. The molecule has 0 fully saturated rings. The fraction of sp³-hybridized carbons (Fsp3) is 0.222. The van der Waals surface area contributed by atoms with Gasteiger partial charge in [0.1, 0.15) is 0 Å². The summed E-state index contributed by atoms with van der Waals surface area (Å²) in [5.41, 5.74) is 0. The zero-order valence-corrected chi connectivity index (χ0v) is 7.12. The highest BCUT2D eigenvalue weighted by Crippen LogP contribution is 2.09. The molecule has 0 aliphatic rings. The van der Waals surface area contributed by atoms with E-state index >= 15 is 0 Å². The van der Waals surface area contributed by atoms with E-state index in [9.17, 15) is 9.18 Å². The van der Waals surface area contributed by atoms with Crippen molar-refractivity contribution in [2.75, 3.05) is 6.61 Å². The molecule has 0 unspecified atom stereocenters. The van der Waals surface area contributed by atoms with Crippen LogP contribution in [0.1, 0.15) is 12.7 Å². The highest BCUT2D eigenvalue weighted by atomic mass is 19.1. The van der Waals surface area contributed by atoms with Crippen molar-refractivity contribution in [3.05, 3.63) is 30.0 Å². The third-order valence-corrected chi connectivity index (χ3v) is 1.30. The first-order valence-electron chi connectivity index (χ1n) is 3.82. The lowest BCUT2D eigenvalue weighted by Gasteiger charge is -1.93. The maximum absolute atomic E-state index is 12.7. The van der Waals surface area contributed by atoms with Crippen LogP contribution in [0, 0.1) is 5.82 Å². The van der Waals surface area contributed by atoms with E-state index in [1.54, 1.807) is 6.92 Å². The Morgan fingerprint density at radius 3 is 3.08 bits per heavy atom. The molecule has 13 heavy (non-hydrogen) atoms. The van der Waals surface area contributed by atoms with Gasteiger partial charge in [-0.3, -0.25) is 0 Å². The predicted octanol–water partition coefficient (Wildman–Crippen LogP) is 2.00. The second-order valence-electron chi connectivity index (χ2n) is 2.22. The number of ether oxygens (including phenoxy) is 1. The van der Waals surface area contributed by atoms with Gasteiger partial charge >= 0.3 is 5.97 Å². The smallest absolute Gasteiger partial charge is 0.330 e. The molecule has 3 nitrogen and oxygen atoms in total. The molecule has 4 heteroatoms. The molecular formula is C9H9FO3. The minimum atomic E-state index is -0.515. The molecule has 0 N–H and O–H groups in total. The van der Waals surface area contributed by atoms with Gasteiger partial charge in [0, 0.05) is 12.1 Å². The molecule has 0 saturated heterocycles. The van der Waals surface area contributed by atoms with Crippen LogP contribution in [0.4, 0.5) is 4.39 Å². The van der Waals surface area contributed by atoms with Gasteiger partial charge in [-0.25, -0.2) is 9.18 Å². The van der Waals surface area contributed by atoms with Crippen LogP contribution in [-0.2, 0) is 9.53 Å². The van der Waals surface area contributed by atoms with Crippen LogP contribution >= 0.6 is 0 Å². The molecule has 1 aromatic heterocycles. The Bertz CT molecular complexity index is 314. The maximum Gasteiger partial charge on any atom is 0.330 e. The predicted molar refractivity (Wildman–Crippen MR) is 44.3 cm³/mol. The summed E-state index contributed by atoms with van der Waals surface area (Å²) in [6.45, 7) is 1.99. The Morgan fingerprint density at radius 2 is 2.54 bits per heavy atom. The summed E-state index contributed by atoms with van der Waals surface area (Å²) in [5, 5.41) is 0. The van der Waals surface area contributed by atoms with Crippen molar-refractivity contribution >= 4 is 12.0 Å². The fourth-order valence-corrected chi connectivity index (χ4v) is 0.758. The van der Waals surface area contributed by atoms with Crippen LogP contribution in [0.15, 0.2) is 22.8 Å². The summed E-state index contributed by atoms with van der Waals surface area (Å²) < 4.78 is 22.0. The van der Waals surface area contributed by atoms with Crippen molar-refractivity contribution in [3.63, 3.8) is 0 Å². The van der Waals surface area contributed by atoms with Crippen LogP contribution in [0.2, 0.25) is 0 Å². The SMILES string of the molecule is CCOC(=O)/C=C/c1occc1F. The molecule has 0 aromatic carbocycles. The number of rotatable bonds is 3. The Hall–Kier alpha value is -1.58. The molecule has 0 atom stereocenters. The number of carbonyl (C=O) groups excluding carboxylic acids is 1. The fourth-order valence-electron chi connectivity index (χ4n) is 0.758. The largest absolute Gasteiger partial charge is 0.463 e. The molecule has 1 rings (SSSR count). The van der Waals surface area contributed by atoms with Crippen LogP contribution in [0.25, 0.3) is 6.08 Å². The summed E-state index contributed by atoms with van der Waals surface area (Å²) in [4.78, 5) is 10.8. The topological polar surface area (TPSA) is 39.4 Å². The van der Waals surface area contributed by atoms with E-state index in [1.165, 1.54) is 18.4 Å². The number of hydrogen-bond acceptors (Lipinski definition) is 3. The number of furan rings is 1. The lowest BCUT2D eigenvalue weighted by Crippen LogP contribution is -1.98. The third kappa shape index (κ3) is 2.74. The zero-order chi connectivity index (χ0) is 9.68. The van der Waals surface area contributed by atoms with Crippen molar-refractivity contribution in [3.8, 4) is 0 Å². The highest BCUT2D eigenvalue weighted by molar-refractivity contribution is 5.86.